The summed E-state index contributed by atoms with van der Waals surface area (Å²) in [6, 6.07) is 5.83. The van der Waals surface area contributed by atoms with Crippen molar-refractivity contribution in [1.82, 2.24) is 9.88 Å². The van der Waals surface area contributed by atoms with Gasteiger partial charge in [0, 0.05) is 24.5 Å². The topological polar surface area (TPSA) is 74.3 Å². The van der Waals surface area contributed by atoms with Crippen molar-refractivity contribution in [2.75, 3.05) is 24.7 Å². The molecule has 0 spiro atoms. The predicted molar refractivity (Wildman–Crippen MR) is 92.9 cm³/mol. The van der Waals surface area contributed by atoms with Gasteiger partial charge < -0.3 is 15.5 Å². The Kier molecular flexibility index (Phi) is 5.46. The second kappa shape index (κ2) is 7.34. The molecule has 0 aliphatic carbocycles. The summed E-state index contributed by atoms with van der Waals surface area (Å²) < 4.78 is 0. The number of thiazole rings is 1. The van der Waals surface area contributed by atoms with Crippen molar-refractivity contribution in [3.63, 3.8) is 0 Å². The number of rotatable bonds is 5. The van der Waals surface area contributed by atoms with Crippen molar-refractivity contribution in [3.8, 4) is 0 Å². The Morgan fingerprint density at radius 3 is 2.61 bits per heavy atom. The highest BCUT2D eigenvalue weighted by molar-refractivity contribution is 7.14. The van der Waals surface area contributed by atoms with Crippen LogP contribution in [0.25, 0.3) is 0 Å². The van der Waals surface area contributed by atoms with Crippen LogP contribution in [0.15, 0.2) is 23.6 Å². The summed E-state index contributed by atoms with van der Waals surface area (Å²) >= 11 is 1.22. The molecular weight excluding hydrogens is 312 g/mol. The molecule has 7 heteroatoms. The van der Waals surface area contributed by atoms with Gasteiger partial charge in [0.2, 0.25) is 5.91 Å². The predicted octanol–water partition coefficient (Wildman–Crippen LogP) is 2.72. The van der Waals surface area contributed by atoms with E-state index >= 15 is 0 Å². The molecule has 0 unspecified atom stereocenters. The molecule has 0 radical (unpaired) electrons. The zero-order valence-corrected chi connectivity index (χ0v) is 14.5. The van der Waals surface area contributed by atoms with Crippen LogP contribution in [0.5, 0.6) is 0 Å². The minimum absolute atomic E-state index is 0.210. The minimum Gasteiger partial charge on any atom is -0.321 e. The van der Waals surface area contributed by atoms with Gasteiger partial charge in [0.25, 0.3) is 5.91 Å². The van der Waals surface area contributed by atoms with E-state index in [4.69, 9.17) is 0 Å². The third kappa shape index (κ3) is 4.87. The average molecular weight is 332 g/mol. The Labute approximate surface area is 139 Å². The number of nitrogens with one attached hydrogen (secondary N) is 2. The Bertz CT molecular complexity index is 725. The van der Waals surface area contributed by atoms with E-state index in [1.807, 2.05) is 39.2 Å². The highest BCUT2D eigenvalue weighted by atomic mass is 32.1. The highest BCUT2D eigenvalue weighted by Gasteiger charge is 2.12. The van der Waals surface area contributed by atoms with Crippen LogP contribution in [-0.4, -0.2) is 35.8 Å². The quantitative estimate of drug-likeness (QED) is 0.883. The number of anilines is 2. The number of hydrogen-bond acceptors (Lipinski definition) is 5. The fourth-order valence-electron chi connectivity index (χ4n) is 2.07. The van der Waals surface area contributed by atoms with E-state index in [0.29, 0.717) is 5.13 Å². The van der Waals surface area contributed by atoms with Crippen molar-refractivity contribution in [1.29, 1.82) is 0 Å². The summed E-state index contributed by atoms with van der Waals surface area (Å²) in [5, 5.41) is 7.42. The lowest BCUT2D eigenvalue weighted by Crippen LogP contribution is -2.14. The second-order valence-corrected chi connectivity index (χ2v) is 6.41. The van der Waals surface area contributed by atoms with Gasteiger partial charge in [-0.3, -0.25) is 9.59 Å². The van der Waals surface area contributed by atoms with Gasteiger partial charge in [-0.15, -0.1) is 11.3 Å². The first-order valence-corrected chi connectivity index (χ1v) is 8.02. The van der Waals surface area contributed by atoms with Crippen molar-refractivity contribution in [2.45, 2.75) is 20.4 Å². The third-order valence-electron chi connectivity index (χ3n) is 3.11. The first kappa shape index (κ1) is 17.1. The van der Waals surface area contributed by atoms with Crippen LogP contribution in [0.3, 0.4) is 0 Å². The van der Waals surface area contributed by atoms with Gasteiger partial charge in [-0.05, 0) is 44.3 Å². The molecule has 0 fully saturated rings. The molecule has 2 amide bonds. The number of nitrogens with zero attached hydrogens (tertiary/aromatic N) is 2. The fraction of sp³-hybridized carbons (Fsp3) is 0.312. The maximum atomic E-state index is 12.2. The third-order valence-corrected chi connectivity index (χ3v) is 3.86. The van der Waals surface area contributed by atoms with Gasteiger partial charge in [-0.1, -0.05) is 6.07 Å². The number of carbonyl (C=O) groups is 2. The Morgan fingerprint density at radius 1 is 1.26 bits per heavy atom. The van der Waals surface area contributed by atoms with Gasteiger partial charge in [0.1, 0.15) is 5.69 Å². The molecule has 1 aromatic heterocycles. The largest absolute Gasteiger partial charge is 0.321 e. The number of aryl methyl sites for hydroxylation is 1. The Balaban J connectivity index is 2.06. The molecule has 0 atom stereocenters. The molecule has 6 nitrogen and oxygen atoms in total. The second-order valence-electron chi connectivity index (χ2n) is 5.55. The number of hydrogen-bond donors (Lipinski definition) is 2. The molecular formula is C16H20N4O2S. The molecule has 0 aliphatic heterocycles. The molecule has 0 aliphatic rings. The lowest BCUT2D eigenvalue weighted by molar-refractivity contribution is -0.114. The van der Waals surface area contributed by atoms with E-state index in [0.717, 1.165) is 17.8 Å². The van der Waals surface area contributed by atoms with E-state index < -0.39 is 0 Å². The highest BCUT2D eigenvalue weighted by Crippen LogP contribution is 2.19. The van der Waals surface area contributed by atoms with Crippen molar-refractivity contribution in [2.24, 2.45) is 0 Å². The van der Waals surface area contributed by atoms with E-state index in [1.54, 1.807) is 5.38 Å². The van der Waals surface area contributed by atoms with Crippen molar-refractivity contribution >= 4 is 34.0 Å². The first-order valence-electron chi connectivity index (χ1n) is 7.14. The Morgan fingerprint density at radius 2 is 2.00 bits per heavy atom. The van der Waals surface area contributed by atoms with Crippen LogP contribution in [0, 0.1) is 6.92 Å². The van der Waals surface area contributed by atoms with Crippen LogP contribution < -0.4 is 10.6 Å². The van der Waals surface area contributed by atoms with E-state index in [9.17, 15) is 9.59 Å². The zero-order chi connectivity index (χ0) is 17.0. The van der Waals surface area contributed by atoms with Crippen LogP contribution in [-0.2, 0) is 11.3 Å². The first-order chi connectivity index (χ1) is 10.8. The lowest BCUT2D eigenvalue weighted by Gasteiger charge is -2.13. The number of amides is 2. The number of benzene rings is 1. The molecule has 2 rings (SSSR count). The summed E-state index contributed by atoms with van der Waals surface area (Å²) in [6.07, 6.45) is 0. The number of carbonyl (C=O) groups excluding carboxylic acids is 2. The van der Waals surface area contributed by atoms with Crippen LogP contribution in [0.4, 0.5) is 10.8 Å². The van der Waals surface area contributed by atoms with Crippen LogP contribution in [0.2, 0.25) is 0 Å². The molecule has 0 saturated carbocycles. The summed E-state index contributed by atoms with van der Waals surface area (Å²) in [6.45, 7) is 4.28. The molecule has 2 aromatic rings. The standard InChI is InChI=1S/C16H20N4O2S/c1-10-7-13(6-5-12(10)8-20(3)4)18-15(22)14-9-23-16(19-14)17-11(2)21/h5-7,9H,8H2,1-4H3,(H,18,22)(H,17,19,21). The van der Waals surface area contributed by atoms with Crippen LogP contribution >= 0.6 is 11.3 Å². The lowest BCUT2D eigenvalue weighted by atomic mass is 10.1. The maximum absolute atomic E-state index is 12.2. The smallest absolute Gasteiger partial charge is 0.275 e. The van der Waals surface area contributed by atoms with E-state index in [2.05, 4.69) is 20.5 Å². The molecule has 1 heterocycles. The maximum Gasteiger partial charge on any atom is 0.275 e. The van der Waals surface area contributed by atoms with Gasteiger partial charge >= 0.3 is 0 Å². The summed E-state index contributed by atoms with van der Waals surface area (Å²) in [5.74, 6) is -0.504. The monoisotopic (exact) mass is 332 g/mol. The fourth-order valence-corrected chi connectivity index (χ4v) is 2.81. The molecule has 122 valence electrons. The van der Waals surface area contributed by atoms with Gasteiger partial charge in [-0.25, -0.2) is 4.98 Å². The average Bonchev–Trinajstić information content (AvgIpc) is 2.89. The van der Waals surface area contributed by atoms with Gasteiger partial charge in [0.15, 0.2) is 5.13 Å². The van der Waals surface area contributed by atoms with Gasteiger partial charge in [-0.2, -0.15) is 0 Å². The van der Waals surface area contributed by atoms with Crippen LogP contribution in [0.1, 0.15) is 28.5 Å². The Hall–Kier alpha value is -2.25. The summed E-state index contributed by atoms with van der Waals surface area (Å²) in [7, 11) is 4.04. The molecule has 23 heavy (non-hydrogen) atoms. The summed E-state index contributed by atoms with van der Waals surface area (Å²) in [4.78, 5) is 29.4. The van der Waals surface area contributed by atoms with Crippen molar-refractivity contribution < 1.29 is 9.59 Å². The summed E-state index contributed by atoms with van der Waals surface area (Å²) in [5.41, 5.74) is 3.35. The SMILES string of the molecule is CC(=O)Nc1nc(C(=O)Nc2ccc(CN(C)C)c(C)c2)cs1. The van der Waals surface area contributed by atoms with E-state index in [-0.39, 0.29) is 17.5 Å². The van der Waals surface area contributed by atoms with Crippen molar-refractivity contribution in [3.05, 3.63) is 40.4 Å². The zero-order valence-electron chi connectivity index (χ0n) is 13.6. The molecule has 1 aromatic carbocycles. The normalized spacial score (nSPS) is 10.7. The number of aromatic nitrogens is 1. The minimum atomic E-state index is -0.294. The molecule has 0 bridgehead atoms. The van der Waals surface area contributed by atoms with Gasteiger partial charge in [0.05, 0.1) is 0 Å². The molecule has 0 saturated heterocycles. The van der Waals surface area contributed by atoms with E-state index in [1.165, 1.54) is 23.8 Å². The molecule has 2 N–H and O–H groups in total.